The Morgan fingerprint density at radius 3 is 2.14 bits per heavy atom. The van der Waals surface area contributed by atoms with Crippen LogP contribution in [0.5, 0.6) is 5.75 Å². The summed E-state index contributed by atoms with van der Waals surface area (Å²) < 4.78 is 5.74. The smallest absolute Gasteiger partial charge is 0.121 e. The second kappa shape index (κ2) is 6.14. The van der Waals surface area contributed by atoms with Gasteiger partial charge < -0.3 is 10.5 Å². The minimum absolute atomic E-state index is 0.540. The molecule has 3 rings (SSSR count). The molecule has 104 valence electrons. The summed E-state index contributed by atoms with van der Waals surface area (Å²) in [6.45, 7) is 0.540. The van der Waals surface area contributed by atoms with E-state index in [1.165, 1.54) is 11.1 Å². The standard InChI is InChI=1S/C19H17NO/c20-18-7-4-8-19(13-18)21-14-15-9-11-17(12-10-15)16-5-2-1-3-6-16/h1-13H,14,20H2. The lowest BCUT2D eigenvalue weighted by Gasteiger charge is -2.08. The zero-order valence-electron chi connectivity index (χ0n) is 11.7. The maximum Gasteiger partial charge on any atom is 0.121 e. The number of nitrogens with two attached hydrogens (primary N) is 1. The maximum absolute atomic E-state index is 5.74. The molecule has 0 radical (unpaired) electrons. The average Bonchev–Trinajstić information content (AvgIpc) is 2.54. The fourth-order valence-electron chi connectivity index (χ4n) is 2.20. The summed E-state index contributed by atoms with van der Waals surface area (Å²) >= 11 is 0. The van der Waals surface area contributed by atoms with Gasteiger partial charge in [-0.2, -0.15) is 0 Å². The molecule has 0 unspecified atom stereocenters. The second-order valence-electron chi connectivity index (χ2n) is 4.92. The molecular formula is C19H17NO. The lowest BCUT2D eigenvalue weighted by molar-refractivity contribution is 0.306. The van der Waals surface area contributed by atoms with E-state index in [4.69, 9.17) is 10.5 Å². The van der Waals surface area contributed by atoms with Crippen LogP contribution in [0.1, 0.15) is 5.56 Å². The van der Waals surface area contributed by atoms with Crippen LogP contribution in [0, 0.1) is 0 Å². The molecule has 0 aromatic heterocycles. The van der Waals surface area contributed by atoms with Crippen molar-refractivity contribution in [1.29, 1.82) is 0 Å². The Labute approximate surface area is 124 Å². The van der Waals surface area contributed by atoms with E-state index in [-0.39, 0.29) is 0 Å². The van der Waals surface area contributed by atoms with Gasteiger partial charge in [-0.3, -0.25) is 0 Å². The third-order valence-corrected chi connectivity index (χ3v) is 3.32. The van der Waals surface area contributed by atoms with Crippen molar-refractivity contribution in [2.45, 2.75) is 6.61 Å². The molecule has 3 aromatic rings. The van der Waals surface area contributed by atoms with Gasteiger partial charge in [0.25, 0.3) is 0 Å². The zero-order valence-corrected chi connectivity index (χ0v) is 11.7. The SMILES string of the molecule is Nc1cccc(OCc2ccc(-c3ccccc3)cc2)c1. The van der Waals surface area contributed by atoms with E-state index in [0.29, 0.717) is 12.3 Å². The lowest BCUT2D eigenvalue weighted by Crippen LogP contribution is -1.96. The fraction of sp³-hybridized carbons (Fsp3) is 0.0526. The van der Waals surface area contributed by atoms with Crippen LogP contribution in [0.15, 0.2) is 78.9 Å². The third-order valence-electron chi connectivity index (χ3n) is 3.32. The fourth-order valence-corrected chi connectivity index (χ4v) is 2.20. The van der Waals surface area contributed by atoms with Crippen molar-refractivity contribution in [3.05, 3.63) is 84.4 Å². The number of hydrogen-bond acceptors (Lipinski definition) is 2. The molecule has 0 saturated heterocycles. The second-order valence-corrected chi connectivity index (χ2v) is 4.92. The maximum atomic E-state index is 5.74. The Morgan fingerprint density at radius 1 is 0.714 bits per heavy atom. The van der Waals surface area contributed by atoms with Crippen LogP contribution in [-0.4, -0.2) is 0 Å². The Kier molecular flexibility index (Phi) is 3.88. The van der Waals surface area contributed by atoms with Crippen LogP contribution >= 0.6 is 0 Å². The first kappa shape index (κ1) is 13.3. The monoisotopic (exact) mass is 275 g/mol. The number of hydrogen-bond donors (Lipinski definition) is 1. The summed E-state index contributed by atoms with van der Waals surface area (Å²) in [7, 11) is 0. The molecule has 0 saturated carbocycles. The highest BCUT2D eigenvalue weighted by Gasteiger charge is 1.99. The highest BCUT2D eigenvalue weighted by molar-refractivity contribution is 5.63. The van der Waals surface area contributed by atoms with Gasteiger partial charge in [-0.1, -0.05) is 60.7 Å². The summed E-state index contributed by atoms with van der Waals surface area (Å²) in [5, 5.41) is 0. The zero-order chi connectivity index (χ0) is 14.5. The Bertz CT molecular complexity index is 705. The Morgan fingerprint density at radius 2 is 1.43 bits per heavy atom. The van der Waals surface area contributed by atoms with Gasteiger partial charge in [0.1, 0.15) is 12.4 Å². The van der Waals surface area contributed by atoms with Crippen molar-refractivity contribution in [3.63, 3.8) is 0 Å². The highest BCUT2D eigenvalue weighted by atomic mass is 16.5. The molecular weight excluding hydrogens is 258 g/mol. The van der Waals surface area contributed by atoms with Gasteiger partial charge in [-0.05, 0) is 28.8 Å². The molecule has 21 heavy (non-hydrogen) atoms. The van der Waals surface area contributed by atoms with Gasteiger partial charge in [0.05, 0.1) is 0 Å². The minimum Gasteiger partial charge on any atom is -0.489 e. The van der Waals surface area contributed by atoms with Crippen LogP contribution in [0.2, 0.25) is 0 Å². The Hall–Kier alpha value is -2.74. The largest absolute Gasteiger partial charge is 0.489 e. The first-order valence-corrected chi connectivity index (χ1v) is 6.94. The molecule has 0 amide bonds. The van der Waals surface area contributed by atoms with Crippen molar-refractivity contribution in [2.24, 2.45) is 0 Å². The number of benzene rings is 3. The van der Waals surface area contributed by atoms with E-state index < -0.39 is 0 Å². The summed E-state index contributed by atoms with van der Waals surface area (Å²) in [6.07, 6.45) is 0. The summed E-state index contributed by atoms with van der Waals surface area (Å²) in [5.41, 5.74) is 10.0. The first-order chi connectivity index (χ1) is 10.3. The number of nitrogen functional groups attached to an aromatic ring is 1. The molecule has 0 aliphatic carbocycles. The molecule has 0 heterocycles. The van der Waals surface area contributed by atoms with E-state index in [1.807, 2.05) is 42.5 Å². The van der Waals surface area contributed by atoms with Crippen LogP contribution in [0.4, 0.5) is 5.69 Å². The molecule has 3 aromatic carbocycles. The number of ether oxygens (including phenoxy) is 1. The average molecular weight is 275 g/mol. The van der Waals surface area contributed by atoms with E-state index in [2.05, 4.69) is 36.4 Å². The van der Waals surface area contributed by atoms with Crippen LogP contribution < -0.4 is 10.5 Å². The van der Waals surface area contributed by atoms with Gasteiger partial charge in [-0.15, -0.1) is 0 Å². The number of rotatable bonds is 4. The van der Waals surface area contributed by atoms with Crippen LogP contribution in [-0.2, 0) is 6.61 Å². The predicted octanol–water partition coefficient (Wildman–Crippen LogP) is 4.51. The first-order valence-electron chi connectivity index (χ1n) is 6.94. The van der Waals surface area contributed by atoms with E-state index in [1.54, 1.807) is 0 Å². The molecule has 2 N–H and O–H groups in total. The van der Waals surface area contributed by atoms with Crippen molar-refractivity contribution in [2.75, 3.05) is 5.73 Å². The molecule has 0 fully saturated rings. The van der Waals surface area contributed by atoms with Crippen molar-refractivity contribution in [3.8, 4) is 16.9 Å². The quantitative estimate of drug-likeness (QED) is 0.711. The molecule has 2 heteroatoms. The lowest BCUT2D eigenvalue weighted by atomic mass is 10.0. The molecule has 0 bridgehead atoms. The van der Waals surface area contributed by atoms with Crippen molar-refractivity contribution in [1.82, 2.24) is 0 Å². The summed E-state index contributed by atoms with van der Waals surface area (Å²) in [6, 6.07) is 26.2. The molecule has 0 spiro atoms. The van der Waals surface area contributed by atoms with Crippen molar-refractivity contribution >= 4 is 5.69 Å². The minimum atomic E-state index is 0.540. The normalized spacial score (nSPS) is 10.3. The van der Waals surface area contributed by atoms with Crippen molar-refractivity contribution < 1.29 is 4.74 Å². The molecule has 0 aliphatic heterocycles. The summed E-state index contributed by atoms with van der Waals surface area (Å²) in [4.78, 5) is 0. The topological polar surface area (TPSA) is 35.2 Å². The van der Waals surface area contributed by atoms with Crippen LogP contribution in [0.25, 0.3) is 11.1 Å². The Balaban J connectivity index is 1.68. The van der Waals surface area contributed by atoms with Crippen LogP contribution in [0.3, 0.4) is 0 Å². The van der Waals surface area contributed by atoms with E-state index in [9.17, 15) is 0 Å². The molecule has 0 atom stereocenters. The van der Waals surface area contributed by atoms with Gasteiger partial charge in [-0.25, -0.2) is 0 Å². The third kappa shape index (κ3) is 3.42. The van der Waals surface area contributed by atoms with Gasteiger partial charge in [0.2, 0.25) is 0 Å². The van der Waals surface area contributed by atoms with E-state index in [0.717, 1.165) is 11.3 Å². The van der Waals surface area contributed by atoms with Gasteiger partial charge in [0, 0.05) is 11.8 Å². The summed E-state index contributed by atoms with van der Waals surface area (Å²) in [5.74, 6) is 0.794. The molecule has 0 aliphatic rings. The van der Waals surface area contributed by atoms with E-state index >= 15 is 0 Å². The molecule has 2 nitrogen and oxygen atoms in total. The predicted molar refractivity (Wildman–Crippen MR) is 87.1 cm³/mol. The number of anilines is 1. The van der Waals surface area contributed by atoms with Gasteiger partial charge in [0.15, 0.2) is 0 Å². The van der Waals surface area contributed by atoms with Gasteiger partial charge >= 0.3 is 0 Å². The highest BCUT2D eigenvalue weighted by Crippen LogP contribution is 2.20.